The van der Waals surface area contributed by atoms with Crippen molar-refractivity contribution in [2.45, 2.75) is 192 Å². The lowest BCUT2D eigenvalue weighted by molar-refractivity contribution is -0.137. The molecule has 0 aliphatic rings. The Hall–Kier alpha value is -0.180. The number of aliphatic carboxylic acids is 1. The predicted octanol–water partition coefficient (Wildman–Crippen LogP) is 11.7. The molecule has 0 fully saturated rings. The number of hydrogen-bond acceptors (Lipinski definition) is 2. The maximum atomic E-state index is 10.6. The summed E-state index contributed by atoms with van der Waals surface area (Å²) in [5.41, 5.74) is 0. The summed E-state index contributed by atoms with van der Waals surface area (Å²) < 4.78 is 0. The summed E-state index contributed by atoms with van der Waals surface area (Å²) in [7, 11) is 0. The predicted molar refractivity (Wildman–Crippen MR) is 160 cm³/mol. The van der Waals surface area contributed by atoms with Crippen molar-refractivity contribution in [3.63, 3.8) is 0 Å². The summed E-state index contributed by atoms with van der Waals surface area (Å²) >= 11 is 2.27. The van der Waals surface area contributed by atoms with Crippen LogP contribution in [-0.4, -0.2) is 22.1 Å². The first-order valence-corrected chi connectivity index (χ1v) is 17.1. The minimum absolute atomic E-state index is 0.343. The van der Waals surface area contributed by atoms with E-state index < -0.39 is 5.97 Å². The van der Waals surface area contributed by atoms with E-state index in [2.05, 4.69) is 25.6 Å². The molecule has 0 aromatic rings. The van der Waals surface area contributed by atoms with Gasteiger partial charge in [-0.3, -0.25) is 4.79 Å². The monoisotopic (exact) mass is 512 g/mol. The molecular formula is C32H64O2S. The average molecular weight is 513 g/mol. The smallest absolute Gasteiger partial charge is 0.303 e. The van der Waals surface area contributed by atoms with Gasteiger partial charge in [-0.2, -0.15) is 11.8 Å². The third-order valence-electron chi connectivity index (χ3n) is 7.40. The quantitative estimate of drug-likeness (QED) is 0.0972. The second-order valence-electron chi connectivity index (χ2n) is 11.0. The number of thioether (sulfide) groups is 1. The summed E-state index contributed by atoms with van der Waals surface area (Å²) in [6, 6.07) is 0. The zero-order valence-electron chi connectivity index (χ0n) is 24.1. The Morgan fingerprint density at radius 2 is 0.857 bits per heavy atom. The molecule has 0 radical (unpaired) electrons. The molecule has 210 valence electrons. The van der Waals surface area contributed by atoms with Crippen LogP contribution >= 0.6 is 11.8 Å². The number of hydrogen-bond donors (Lipinski definition) is 1. The Morgan fingerprint density at radius 3 is 1.26 bits per heavy atom. The number of rotatable bonds is 30. The standard InChI is InChI=1S/C32H64O2S/c1-3-5-7-9-11-12-13-14-15-17-22-26-30-35-31(27-23-19-16-10-8-6-4-2)28-24-20-18-21-25-29-32(33)34/h31H,3-30H2,1-2H3,(H,33,34). The van der Waals surface area contributed by atoms with Crippen molar-refractivity contribution in [1.29, 1.82) is 0 Å². The van der Waals surface area contributed by atoms with Crippen molar-refractivity contribution in [3.8, 4) is 0 Å². The van der Waals surface area contributed by atoms with Crippen molar-refractivity contribution in [1.82, 2.24) is 0 Å². The largest absolute Gasteiger partial charge is 0.481 e. The van der Waals surface area contributed by atoms with Crippen LogP contribution in [0.3, 0.4) is 0 Å². The molecule has 0 saturated carbocycles. The summed E-state index contributed by atoms with van der Waals surface area (Å²) in [5.74, 6) is 0.714. The first-order valence-electron chi connectivity index (χ1n) is 16.0. The molecule has 35 heavy (non-hydrogen) atoms. The van der Waals surface area contributed by atoms with Crippen molar-refractivity contribution in [2.24, 2.45) is 0 Å². The SMILES string of the molecule is CCCCCCCCCCCCCCSC(CCCCCCCCC)CCCCCCCC(=O)O. The van der Waals surface area contributed by atoms with Gasteiger partial charge in [0, 0.05) is 11.7 Å². The van der Waals surface area contributed by atoms with E-state index in [0.29, 0.717) is 6.42 Å². The van der Waals surface area contributed by atoms with E-state index in [9.17, 15) is 4.79 Å². The molecule has 0 heterocycles. The van der Waals surface area contributed by atoms with Gasteiger partial charge in [0.25, 0.3) is 0 Å². The molecule has 0 amide bonds. The maximum Gasteiger partial charge on any atom is 0.303 e. The molecule has 0 aromatic heterocycles. The summed E-state index contributed by atoms with van der Waals surface area (Å²) in [4.78, 5) is 10.6. The Kier molecular flexibility index (Phi) is 29.9. The molecule has 0 aliphatic heterocycles. The lowest BCUT2D eigenvalue weighted by Crippen LogP contribution is -2.04. The topological polar surface area (TPSA) is 37.3 Å². The number of unbranched alkanes of at least 4 members (excludes halogenated alkanes) is 21. The molecule has 0 aliphatic carbocycles. The van der Waals surface area contributed by atoms with Gasteiger partial charge in [0.15, 0.2) is 0 Å². The van der Waals surface area contributed by atoms with E-state index in [4.69, 9.17) is 5.11 Å². The van der Waals surface area contributed by atoms with Gasteiger partial charge >= 0.3 is 5.97 Å². The minimum Gasteiger partial charge on any atom is -0.481 e. The van der Waals surface area contributed by atoms with Gasteiger partial charge in [-0.1, -0.05) is 155 Å². The molecule has 1 unspecified atom stereocenters. The highest BCUT2D eigenvalue weighted by molar-refractivity contribution is 7.99. The molecule has 0 aromatic carbocycles. The third-order valence-corrected chi connectivity index (χ3v) is 8.87. The fourth-order valence-corrected chi connectivity index (χ4v) is 6.38. The Labute approximate surface area is 225 Å². The number of carboxylic acids is 1. The van der Waals surface area contributed by atoms with Crippen LogP contribution in [0, 0.1) is 0 Å². The second-order valence-corrected chi connectivity index (χ2v) is 12.4. The fraction of sp³-hybridized carbons (Fsp3) is 0.969. The van der Waals surface area contributed by atoms with Crippen LogP contribution < -0.4 is 0 Å². The van der Waals surface area contributed by atoms with E-state index in [1.165, 1.54) is 160 Å². The van der Waals surface area contributed by atoms with E-state index >= 15 is 0 Å². The van der Waals surface area contributed by atoms with Crippen LogP contribution in [-0.2, 0) is 4.79 Å². The zero-order valence-corrected chi connectivity index (χ0v) is 25.0. The summed E-state index contributed by atoms with van der Waals surface area (Å²) in [5, 5.41) is 9.63. The Balaban J connectivity index is 3.80. The highest BCUT2D eigenvalue weighted by Gasteiger charge is 2.09. The maximum absolute atomic E-state index is 10.6. The van der Waals surface area contributed by atoms with Crippen molar-refractivity contribution in [3.05, 3.63) is 0 Å². The summed E-state index contributed by atoms with van der Waals surface area (Å²) in [6.07, 6.45) is 36.0. The van der Waals surface area contributed by atoms with Crippen LogP contribution in [0.5, 0.6) is 0 Å². The molecule has 2 nitrogen and oxygen atoms in total. The van der Waals surface area contributed by atoms with Gasteiger partial charge in [-0.15, -0.1) is 0 Å². The van der Waals surface area contributed by atoms with E-state index in [1.807, 2.05) is 0 Å². The van der Waals surface area contributed by atoms with Crippen LogP contribution in [0.4, 0.5) is 0 Å². The lowest BCUT2D eigenvalue weighted by atomic mass is 10.0. The van der Waals surface area contributed by atoms with Gasteiger partial charge in [0.05, 0.1) is 0 Å². The van der Waals surface area contributed by atoms with Gasteiger partial charge in [-0.05, 0) is 31.4 Å². The average Bonchev–Trinajstić information content (AvgIpc) is 2.85. The van der Waals surface area contributed by atoms with Crippen LogP contribution in [0.1, 0.15) is 187 Å². The molecule has 1 atom stereocenters. The fourth-order valence-electron chi connectivity index (χ4n) is 5.01. The van der Waals surface area contributed by atoms with Gasteiger partial charge in [-0.25, -0.2) is 0 Å². The normalized spacial score (nSPS) is 12.3. The van der Waals surface area contributed by atoms with Crippen molar-refractivity contribution >= 4 is 17.7 Å². The molecule has 0 rings (SSSR count). The zero-order chi connectivity index (χ0) is 25.7. The summed E-state index contributed by atoms with van der Waals surface area (Å²) in [6.45, 7) is 4.59. The molecule has 0 spiro atoms. The third kappa shape index (κ3) is 29.9. The van der Waals surface area contributed by atoms with Gasteiger partial charge in [0.1, 0.15) is 0 Å². The Bertz CT molecular complexity index is 412. The van der Waals surface area contributed by atoms with Gasteiger partial charge < -0.3 is 5.11 Å². The van der Waals surface area contributed by atoms with Crippen LogP contribution in [0.15, 0.2) is 0 Å². The Morgan fingerprint density at radius 1 is 0.514 bits per heavy atom. The second kappa shape index (κ2) is 30.0. The molecule has 1 N–H and O–H groups in total. The van der Waals surface area contributed by atoms with Gasteiger partial charge in [0.2, 0.25) is 0 Å². The molecule has 3 heteroatoms. The van der Waals surface area contributed by atoms with Crippen molar-refractivity contribution in [2.75, 3.05) is 5.75 Å². The van der Waals surface area contributed by atoms with Crippen LogP contribution in [0.2, 0.25) is 0 Å². The van der Waals surface area contributed by atoms with Crippen molar-refractivity contribution < 1.29 is 9.90 Å². The minimum atomic E-state index is -0.644. The molecule has 0 saturated heterocycles. The van der Waals surface area contributed by atoms with E-state index in [1.54, 1.807) is 0 Å². The highest BCUT2D eigenvalue weighted by atomic mass is 32.2. The first kappa shape index (κ1) is 34.8. The lowest BCUT2D eigenvalue weighted by Gasteiger charge is -2.17. The first-order chi connectivity index (χ1) is 17.2. The van der Waals surface area contributed by atoms with E-state index in [-0.39, 0.29) is 0 Å². The van der Waals surface area contributed by atoms with Crippen LogP contribution in [0.25, 0.3) is 0 Å². The number of carboxylic acid groups (broad SMARTS) is 1. The molecule has 0 bridgehead atoms. The number of carbonyl (C=O) groups is 1. The highest BCUT2D eigenvalue weighted by Crippen LogP contribution is 2.26. The van der Waals surface area contributed by atoms with E-state index in [0.717, 1.165) is 18.1 Å². The molecular weight excluding hydrogens is 448 g/mol.